The van der Waals surface area contributed by atoms with E-state index in [0.717, 1.165) is 17.1 Å². The fourth-order valence-electron chi connectivity index (χ4n) is 1.87. The summed E-state index contributed by atoms with van der Waals surface area (Å²) in [6.45, 7) is 5.76. The Morgan fingerprint density at radius 2 is 2.39 bits per heavy atom. The van der Waals surface area contributed by atoms with E-state index in [2.05, 4.69) is 6.58 Å². The molecule has 0 radical (unpaired) electrons. The highest BCUT2D eigenvalue weighted by molar-refractivity contribution is 5.65. The number of carbonyl (C=O) groups is 1. The number of carbonyl (C=O) groups excluding carboxylic acids is 1. The van der Waals surface area contributed by atoms with Gasteiger partial charge < -0.3 is 14.2 Å². The van der Waals surface area contributed by atoms with Gasteiger partial charge in [-0.25, -0.2) is 0 Å². The van der Waals surface area contributed by atoms with Crippen molar-refractivity contribution in [1.82, 2.24) is 0 Å². The van der Waals surface area contributed by atoms with E-state index in [4.69, 9.17) is 14.2 Å². The third-order valence-corrected chi connectivity index (χ3v) is 2.79. The fourth-order valence-corrected chi connectivity index (χ4v) is 1.87. The van der Waals surface area contributed by atoms with Crippen LogP contribution in [0.5, 0.6) is 11.5 Å². The Morgan fingerprint density at radius 3 is 3.11 bits per heavy atom. The molecule has 18 heavy (non-hydrogen) atoms. The maximum atomic E-state index is 10.8. The molecule has 1 aromatic rings. The number of esters is 1. The zero-order chi connectivity index (χ0) is 13.0. The Bertz CT molecular complexity index is 453. The van der Waals surface area contributed by atoms with Crippen LogP contribution in [-0.2, 0) is 16.0 Å². The number of hydrogen-bond donors (Lipinski definition) is 0. The molecule has 0 amide bonds. The van der Waals surface area contributed by atoms with E-state index in [9.17, 15) is 4.79 Å². The summed E-state index contributed by atoms with van der Waals surface area (Å²) in [5.41, 5.74) is 1.04. The highest BCUT2D eigenvalue weighted by Gasteiger charge is 2.19. The fraction of sp³-hybridized carbons (Fsp3) is 0.357. The summed E-state index contributed by atoms with van der Waals surface area (Å²) >= 11 is 0. The van der Waals surface area contributed by atoms with Crippen LogP contribution in [0.3, 0.4) is 0 Å². The van der Waals surface area contributed by atoms with Crippen molar-refractivity contribution in [2.45, 2.75) is 13.3 Å². The normalized spacial score (nSPS) is 14.1. The maximum absolute atomic E-state index is 10.8. The highest BCUT2D eigenvalue weighted by atomic mass is 16.7. The molecule has 96 valence electrons. The summed E-state index contributed by atoms with van der Waals surface area (Å²) in [5.74, 6) is 1.35. The molecule has 0 aromatic heterocycles. The van der Waals surface area contributed by atoms with Gasteiger partial charge in [0.2, 0.25) is 6.79 Å². The monoisotopic (exact) mass is 248 g/mol. The number of fused-ring (bicyclic) bond motifs is 1. The number of rotatable bonds is 5. The van der Waals surface area contributed by atoms with Crippen molar-refractivity contribution in [3.8, 4) is 11.5 Å². The number of benzene rings is 1. The third kappa shape index (κ3) is 2.83. The molecule has 1 atom stereocenters. The molecule has 0 saturated heterocycles. The van der Waals surface area contributed by atoms with E-state index < -0.39 is 0 Å². The lowest BCUT2D eigenvalue weighted by Crippen LogP contribution is -2.13. The molecule has 0 bridgehead atoms. The molecular weight excluding hydrogens is 232 g/mol. The predicted octanol–water partition coefficient (Wildman–Crippen LogP) is 2.32. The number of ether oxygens (including phenoxy) is 3. The van der Waals surface area contributed by atoms with E-state index in [-0.39, 0.29) is 18.7 Å². The van der Waals surface area contributed by atoms with E-state index in [0.29, 0.717) is 13.0 Å². The third-order valence-electron chi connectivity index (χ3n) is 2.79. The molecule has 0 saturated carbocycles. The molecule has 0 N–H and O–H groups in total. The Kier molecular flexibility index (Phi) is 3.87. The second-order valence-electron chi connectivity index (χ2n) is 4.15. The zero-order valence-corrected chi connectivity index (χ0v) is 10.3. The summed E-state index contributed by atoms with van der Waals surface area (Å²) in [5, 5.41) is 0. The van der Waals surface area contributed by atoms with Crippen molar-refractivity contribution >= 4 is 5.97 Å². The number of para-hydroxylation sites is 1. The lowest BCUT2D eigenvalue weighted by atomic mass is 9.99. The van der Waals surface area contributed by atoms with Gasteiger partial charge in [0, 0.05) is 12.8 Å². The summed E-state index contributed by atoms with van der Waals surface area (Å²) in [6.07, 6.45) is 2.50. The van der Waals surface area contributed by atoms with Gasteiger partial charge in [-0.15, -0.1) is 6.58 Å². The molecule has 0 spiro atoms. The molecule has 4 nitrogen and oxygen atoms in total. The van der Waals surface area contributed by atoms with E-state index in [1.807, 2.05) is 18.2 Å². The predicted molar refractivity (Wildman–Crippen MR) is 66.6 cm³/mol. The quantitative estimate of drug-likeness (QED) is 0.592. The summed E-state index contributed by atoms with van der Waals surface area (Å²) < 4.78 is 15.8. The summed E-state index contributed by atoms with van der Waals surface area (Å²) in [4.78, 5) is 10.8. The first-order valence-electron chi connectivity index (χ1n) is 5.84. The molecule has 2 rings (SSSR count). The van der Waals surface area contributed by atoms with Gasteiger partial charge in [0.1, 0.15) is 0 Å². The van der Waals surface area contributed by atoms with Crippen LogP contribution in [0.4, 0.5) is 0 Å². The van der Waals surface area contributed by atoms with Gasteiger partial charge >= 0.3 is 5.97 Å². The number of hydrogen-bond acceptors (Lipinski definition) is 4. The van der Waals surface area contributed by atoms with E-state index in [1.54, 1.807) is 6.08 Å². The van der Waals surface area contributed by atoms with Crippen LogP contribution in [0.15, 0.2) is 30.9 Å². The van der Waals surface area contributed by atoms with Crippen LogP contribution in [0, 0.1) is 5.92 Å². The molecule has 1 aliphatic rings. The van der Waals surface area contributed by atoms with Crippen LogP contribution >= 0.6 is 0 Å². The summed E-state index contributed by atoms with van der Waals surface area (Å²) in [7, 11) is 0. The van der Waals surface area contributed by atoms with Crippen LogP contribution in [0.1, 0.15) is 12.5 Å². The minimum absolute atomic E-state index is 0.0737. The lowest BCUT2D eigenvalue weighted by molar-refractivity contribution is -0.141. The molecule has 0 unspecified atom stereocenters. The molecular formula is C14H16O4. The van der Waals surface area contributed by atoms with Gasteiger partial charge in [0.25, 0.3) is 0 Å². The molecule has 1 aliphatic heterocycles. The van der Waals surface area contributed by atoms with Crippen molar-refractivity contribution in [3.63, 3.8) is 0 Å². The first-order chi connectivity index (χ1) is 8.70. The van der Waals surface area contributed by atoms with Crippen LogP contribution < -0.4 is 9.47 Å². The van der Waals surface area contributed by atoms with Gasteiger partial charge in [0.15, 0.2) is 11.5 Å². The Labute approximate surface area is 106 Å². The van der Waals surface area contributed by atoms with Crippen LogP contribution in [0.2, 0.25) is 0 Å². The Hall–Kier alpha value is -1.97. The minimum Gasteiger partial charge on any atom is -0.465 e. The van der Waals surface area contributed by atoms with Gasteiger partial charge in [0.05, 0.1) is 6.61 Å². The molecule has 1 heterocycles. The zero-order valence-electron chi connectivity index (χ0n) is 10.3. The van der Waals surface area contributed by atoms with Crippen molar-refractivity contribution in [1.29, 1.82) is 0 Å². The first kappa shape index (κ1) is 12.5. The lowest BCUT2D eigenvalue weighted by Gasteiger charge is -2.13. The SMILES string of the molecule is C=C[C@@H](COC(C)=O)Cc1cccc2c1OCO2. The Balaban J connectivity index is 2.05. The van der Waals surface area contributed by atoms with Crippen LogP contribution in [-0.4, -0.2) is 19.4 Å². The maximum Gasteiger partial charge on any atom is 0.302 e. The second-order valence-corrected chi connectivity index (χ2v) is 4.15. The molecule has 4 heteroatoms. The first-order valence-corrected chi connectivity index (χ1v) is 5.84. The van der Waals surface area contributed by atoms with Crippen molar-refractivity contribution in [3.05, 3.63) is 36.4 Å². The molecule has 0 fully saturated rings. The Morgan fingerprint density at radius 1 is 1.56 bits per heavy atom. The van der Waals surface area contributed by atoms with Gasteiger partial charge in [-0.05, 0) is 18.1 Å². The second kappa shape index (κ2) is 5.58. The van der Waals surface area contributed by atoms with Crippen molar-refractivity contribution in [2.24, 2.45) is 5.92 Å². The van der Waals surface area contributed by atoms with Crippen LogP contribution in [0.25, 0.3) is 0 Å². The smallest absolute Gasteiger partial charge is 0.302 e. The highest BCUT2D eigenvalue weighted by Crippen LogP contribution is 2.36. The summed E-state index contributed by atoms with van der Waals surface area (Å²) in [6, 6.07) is 5.79. The van der Waals surface area contributed by atoms with Gasteiger partial charge in [-0.1, -0.05) is 18.2 Å². The largest absolute Gasteiger partial charge is 0.465 e. The molecule has 0 aliphatic carbocycles. The van der Waals surface area contributed by atoms with Gasteiger partial charge in [-0.3, -0.25) is 4.79 Å². The van der Waals surface area contributed by atoms with Gasteiger partial charge in [-0.2, -0.15) is 0 Å². The topological polar surface area (TPSA) is 44.8 Å². The van der Waals surface area contributed by atoms with E-state index >= 15 is 0 Å². The minimum atomic E-state index is -0.278. The van der Waals surface area contributed by atoms with E-state index in [1.165, 1.54) is 6.92 Å². The average molecular weight is 248 g/mol. The molecule has 1 aromatic carbocycles. The average Bonchev–Trinajstić information content (AvgIpc) is 2.83. The van der Waals surface area contributed by atoms with Crippen molar-refractivity contribution in [2.75, 3.05) is 13.4 Å². The van der Waals surface area contributed by atoms with Crippen molar-refractivity contribution < 1.29 is 19.0 Å². The standard InChI is InChI=1S/C14H16O4/c1-3-11(8-16-10(2)15)7-12-5-4-6-13-14(12)18-9-17-13/h3-6,11H,1,7-9H2,2H3/t11-/m1/s1.